The molecule has 0 heterocycles. The molecular weight excluding hydrogens is 500 g/mol. The molecule has 232 valence electrons. The molecule has 0 unspecified atom stereocenters. The fourth-order valence-electron chi connectivity index (χ4n) is 1.72. The van der Waals surface area contributed by atoms with E-state index in [1.54, 1.807) is 0 Å². The van der Waals surface area contributed by atoms with Crippen LogP contribution >= 0.6 is 0 Å². The first-order chi connectivity index (χ1) is 16.5. The SMILES string of the molecule is CC[N+](C)(C)CCO.CC[N+](C)(C)CCO.CC[N+](C)(C)CCO.CC[N+](C)(C)CCO.[O-][Si]([O-])([O-])[O-]. The summed E-state index contributed by atoms with van der Waals surface area (Å²) in [5, 5.41) is 34.1. The molecule has 0 amide bonds. The van der Waals surface area contributed by atoms with Gasteiger partial charge in [0.05, 0.1) is 109 Å². The largest absolute Gasteiger partial charge is 0.894 e. The number of rotatable bonds is 12. The third-order valence-corrected chi connectivity index (χ3v) is 6.25. The van der Waals surface area contributed by atoms with Crippen molar-refractivity contribution in [2.75, 3.05) is 135 Å². The highest BCUT2D eigenvalue weighted by molar-refractivity contribution is 6.38. The summed E-state index contributed by atoms with van der Waals surface area (Å²) in [6.45, 7) is 17.4. The van der Waals surface area contributed by atoms with Crippen molar-refractivity contribution in [3.63, 3.8) is 0 Å². The molecule has 0 aliphatic carbocycles. The number of nitrogens with zero attached hydrogens (tertiary/aromatic N) is 4. The van der Waals surface area contributed by atoms with Crippen molar-refractivity contribution < 1.29 is 57.5 Å². The smallest absolute Gasteiger partial charge is 0.102 e. The molecule has 0 fully saturated rings. The van der Waals surface area contributed by atoms with Crippen molar-refractivity contribution in [3.05, 3.63) is 0 Å². The van der Waals surface area contributed by atoms with E-state index in [0.29, 0.717) is 26.4 Å². The Bertz CT molecular complexity index is 400. The van der Waals surface area contributed by atoms with Crippen molar-refractivity contribution >= 4 is 9.05 Å². The summed E-state index contributed by atoms with van der Waals surface area (Å²) in [5.41, 5.74) is 0. The maximum atomic E-state index is 8.58. The molecule has 0 radical (unpaired) electrons. The van der Waals surface area contributed by atoms with E-state index in [-0.39, 0.29) is 0 Å². The molecule has 0 aliphatic heterocycles. The summed E-state index contributed by atoms with van der Waals surface area (Å²) in [7, 11) is 11.2. The summed E-state index contributed by atoms with van der Waals surface area (Å²) in [4.78, 5) is 34.3. The Morgan fingerprint density at radius 2 is 0.514 bits per heavy atom. The van der Waals surface area contributed by atoms with Gasteiger partial charge in [0.25, 0.3) is 0 Å². The second kappa shape index (κ2) is 24.8. The molecule has 13 heteroatoms. The van der Waals surface area contributed by atoms with Crippen LogP contribution in [0.25, 0.3) is 0 Å². The monoisotopic (exact) mass is 564 g/mol. The topological polar surface area (TPSA) is 173 Å². The van der Waals surface area contributed by atoms with Gasteiger partial charge in [-0.2, -0.15) is 0 Å². The van der Waals surface area contributed by atoms with Gasteiger partial charge in [-0.25, -0.2) is 0 Å². The molecule has 0 aliphatic rings. The van der Waals surface area contributed by atoms with Gasteiger partial charge >= 0.3 is 0 Å². The summed E-state index contributed by atoms with van der Waals surface area (Å²) >= 11 is 0. The zero-order valence-corrected chi connectivity index (χ0v) is 27.2. The van der Waals surface area contributed by atoms with Crippen LogP contribution in [0.1, 0.15) is 27.7 Å². The first kappa shape index (κ1) is 46.6. The third kappa shape index (κ3) is 52.9. The van der Waals surface area contributed by atoms with E-state index in [1.165, 1.54) is 0 Å². The van der Waals surface area contributed by atoms with Gasteiger partial charge in [-0.15, -0.1) is 0 Å². The lowest BCUT2D eigenvalue weighted by Crippen LogP contribution is -2.82. The molecule has 12 nitrogen and oxygen atoms in total. The Hall–Kier alpha value is -0.263. The third-order valence-electron chi connectivity index (χ3n) is 6.25. The van der Waals surface area contributed by atoms with Crippen LogP contribution in [0.3, 0.4) is 0 Å². The predicted octanol–water partition coefficient (Wildman–Crippen LogP) is -4.84. The van der Waals surface area contributed by atoms with Crippen LogP contribution in [0, 0.1) is 0 Å². The molecule has 0 saturated heterocycles. The summed E-state index contributed by atoms with van der Waals surface area (Å²) in [6, 6.07) is 0. The highest BCUT2D eigenvalue weighted by Gasteiger charge is 2.10. The number of aliphatic hydroxyl groups is 4. The number of likely N-dealkylation sites (N-methyl/N-ethyl adjacent to an activating group) is 4. The van der Waals surface area contributed by atoms with Crippen molar-refractivity contribution in [2.24, 2.45) is 0 Å². The quantitative estimate of drug-likeness (QED) is 0.135. The molecule has 0 bridgehead atoms. The minimum Gasteiger partial charge on any atom is -0.894 e. The predicted molar refractivity (Wildman–Crippen MR) is 144 cm³/mol. The van der Waals surface area contributed by atoms with Gasteiger partial charge in [0.15, 0.2) is 0 Å². The zero-order chi connectivity index (χ0) is 31.0. The average molecular weight is 565 g/mol. The minimum absolute atomic E-state index is 0.292. The molecule has 0 spiro atoms. The maximum absolute atomic E-state index is 8.58. The van der Waals surface area contributed by atoms with Gasteiger partial charge in [0.1, 0.15) is 26.2 Å². The Kier molecular flexibility index (Phi) is 31.2. The molecule has 37 heavy (non-hydrogen) atoms. The van der Waals surface area contributed by atoms with Crippen LogP contribution in [-0.4, -0.2) is 183 Å². The van der Waals surface area contributed by atoms with E-state index in [1.807, 2.05) is 0 Å². The summed E-state index contributed by atoms with van der Waals surface area (Å²) in [5.74, 6) is 0. The van der Waals surface area contributed by atoms with E-state index in [2.05, 4.69) is 84.1 Å². The van der Waals surface area contributed by atoms with E-state index in [9.17, 15) is 0 Å². The van der Waals surface area contributed by atoms with Gasteiger partial charge < -0.3 is 66.6 Å². The van der Waals surface area contributed by atoms with E-state index >= 15 is 0 Å². The minimum atomic E-state index is -5.61. The van der Waals surface area contributed by atoms with Gasteiger partial charge in [-0.3, -0.25) is 0 Å². The lowest BCUT2D eigenvalue weighted by atomic mass is 10.4. The van der Waals surface area contributed by atoms with Gasteiger partial charge in [0, 0.05) is 0 Å². The normalized spacial score (nSPS) is 12.0. The molecule has 0 rings (SSSR count). The van der Waals surface area contributed by atoms with Gasteiger partial charge in [-0.1, -0.05) is 0 Å². The van der Waals surface area contributed by atoms with Crippen LogP contribution in [0.2, 0.25) is 0 Å². The van der Waals surface area contributed by atoms with Crippen LogP contribution in [0.5, 0.6) is 0 Å². The van der Waals surface area contributed by atoms with Gasteiger partial charge in [0.2, 0.25) is 0 Å². The molecule has 0 aromatic rings. The number of quaternary nitrogens is 4. The van der Waals surface area contributed by atoms with Crippen LogP contribution in [0.4, 0.5) is 0 Å². The molecule has 0 aromatic heterocycles. The van der Waals surface area contributed by atoms with E-state index < -0.39 is 9.05 Å². The summed E-state index contributed by atoms with van der Waals surface area (Å²) in [6.07, 6.45) is 0. The second-order valence-electron chi connectivity index (χ2n) is 11.3. The molecular formula is C24H64N4O8Si. The van der Waals surface area contributed by atoms with Gasteiger partial charge in [-0.05, 0) is 27.7 Å². The van der Waals surface area contributed by atoms with Crippen molar-refractivity contribution in [1.82, 2.24) is 0 Å². The van der Waals surface area contributed by atoms with Crippen molar-refractivity contribution in [1.29, 1.82) is 0 Å². The van der Waals surface area contributed by atoms with Crippen molar-refractivity contribution in [2.45, 2.75) is 27.7 Å². The zero-order valence-electron chi connectivity index (χ0n) is 26.2. The Balaban J connectivity index is -0.000000116. The Labute approximate surface area is 229 Å². The highest BCUT2D eigenvalue weighted by atomic mass is 28.4. The fourth-order valence-corrected chi connectivity index (χ4v) is 1.72. The lowest BCUT2D eigenvalue weighted by Gasteiger charge is -2.67. The molecule has 0 atom stereocenters. The Morgan fingerprint density at radius 1 is 0.405 bits per heavy atom. The standard InChI is InChI=1S/4C6H16NO.O4Si/c4*1-4-7(2,3)5-6-8;1-5(2,3)4/h4*8H,4-6H2,1-3H3;/q4*+1;-4. The maximum Gasteiger partial charge on any atom is 0.102 e. The van der Waals surface area contributed by atoms with Crippen LogP contribution in [-0.2, 0) is 0 Å². The lowest BCUT2D eigenvalue weighted by molar-refractivity contribution is -0.888. The first-order valence-electron chi connectivity index (χ1n) is 13.0. The van der Waals surface area contributed by atoms with E-state index in [4.69, 9.17) is 39.6 Å². The summed E-state index contributed by atoms with van der Waals surface area (Å²) < 4.78 is 3.65. The first-order valence-corrected chi connectivity index (χ1v) is 14.7. The average Bonchev–Trinajstić information content (AvgIpc) is 2.74. The van der Waals surface area contributed by atoms with Crippen LogP contribution in [0.15, 0.2) is 0 Å². The number of hydrogen-bond donors (Lipinski definition) is 4. The number of aliphatic hydroxyl groups excluding tert-OH is 4. The van der Waals surface area contributed by atoms with Crippen LogP contribution < -0.4 is 19.2 Å². The second-order valence-corrected chi connectivity index (χ2v) is 12.3. The fraction of sp³-hybridized carbons (Fsp3) is 1.00. The van der Waals surface area contributed by atoms with Crippen molar-refractivity contribution in [3.8, 4) is 0 Å². The number of hydrogen-bond acceptors (Lipinski definition) is 8. The van der Waals surface area contributed by atoms with E-state index in [0.717, 1.165) is 70.3 Å². The molecule has 0 saturated carbocycles. The highest BCUT2D eigenvalue weighted by Crippen LogP contribution is 1.94. The molecule has 4 N–H and O–H groups in total. The Morgan fingerprint density at radius 3 is 0.541 bits per heavy atom. The molecule has 0 aromatic carbocycles.